The molecule has 1 unspecified atom stereocenters. The van der Waals surface area contributed by atoms with E-state index in [-0.39, 0.29) is 36.3 Å². The van der Waals surface area contributed by atoms with E-state index < -0.39 is 34.0 Å². The number of nitrogens with one attached hydrogen (secondary N) is 2. The molecule has 0 radical (unpaired) electrons. The predicted molar refractivity (Wildman–Crippen MR) is 133 cm³/mol. The van der Waals surface area contributed by atoms with Crippen LogP contribution < -0.4 is 21.5 Å². The molecule has 194 valence electrons. The van der Waals surface area contributed by atoms with Gasteiger partial charge in [-0.25, -0.2) is 13.2 Å². The minimum atomic E-state index is -4.10. The highest BCUT2D eigenvalue weighted by Crippen LogP contribution is 2.31. The summed E-state index contributed by atoms with van der Waals surface area (Å²) in [6.45, 7) is 5.14. The molecule has 1 amide bonds. The van der Waals surface area contributed by atoms with Crippen LogP contribution in [0.1, 0.15) is 45.1 Å². The lowest BCUT2D eigenvalue weighted by Crippen LogP contribution is -2.56. The van der Waals surface area contributed by atoms with Crippen LogP contribution in [-0.4, -0.2) is 68.0 Å². The lowest BCUT2D eigenvalue weighted by molar-refractivity contribution is -0.153. The molecule has 4 atom stereocenters. The molecular formula is C23H36N6O5S. The zero-order chi connectivity index (χ0) is 25.8. The summed E-state index contributed by atoms with van der Waals surface area (Å²) in [6.07, 6.45) is 2.17. The molecule has 2 aliphatic rings. The van der Waals surface area contributed by atoms with Crippen LogP contribution in [0.5, 0.6) is 0 Å². The predicted octanol–water partition coefficient (Wildman–Crippen LogP) is 0.703. The van der Waals surface area contributed by atoms with Gasteiger partial charge >= 0.3 is 5.97 Å². The maximum Gasteiger partial charge on any atom is 0.326 e. The molecule has 11 nitrogen and oxygen atoms in total. The van der Waals surface area contributed by atoms with Gasteiger partial charge in [-0.15, -0.1) is 0 Å². The van der Waals surface area contributed by atoms with Gasteiger partial charge in [-0.05, 0) is 55.6 Å². The number of fused-ring (bicyclic) bond motifs is 1. The van der Waals surface area contributed by atoms with Crippen molar-refractivity contribution in [2.45, 2.75) is 62.9 Å². The summed E-state index contributed by atoms with van der Waals surface area (Å²) in [6, 6.07) is 2.94. The number of nitrogens with two attached hydrogens (primary N) is 2. The number of carboxylic acids is 1. The third-order valence-corrected chi connectivity index (χ3v) is 8.09. The number of carboxylic acid groups (broad SMARTS) is 1. The maximum absolute atomic E-state index is 13.5. The molecule has 2 aliphatic heterocycles. The molecule has 1 aromatic carbocycles. The van der Waals surface area contributed by atoms with Crippen molar-refractivity contribution in [3.63, 3.8) is 0 Å². The van der Waals surface area contributed by atoms with E-state index in [0.717, 1.165) is 12.0 Å². The second kappa shape index (κ2) is 11.3. The molecule has 0 aromatic heterocycles. The van der Waals surface area contributed by atoms with E-state index in [9.17, 15) is 23.1 Å². The number of para-hydroxylation sites is 1. The monoisotopic (exact) mass is 508 g/mol. The number of sulfonamides is 1. The molecule has 0 aliphatic carbocycles. The number of benzene rings is 1. The number of likely N-dealkylation sites (tertiary alicyclic amines) is 1. The average Bonchev–Trinajstić information content (AvgIpc) is 2.79. The SMILES string of the molecule is CC1CNc2c(cccc2S(=O)(=O)N[C@H](CCCN=C(N)N)C(=O)N2CC[C@H](C)C[C@@H]2C(=O)O)C1. The Morgan fingerprint density at radius 2 is 2.03 bits per heavy atom. The zero-order valence-corrected chi connectivity index (χ0v) is 21.1. The molecule has 2 heterocycles. The first-order valence-electron chi connectivity index (χ1n) is 12.0. The van der Waals surface area contributed by atoms with E-state index in [2.05, 4.69) is 22.0 Å². The quantitative estimate of drug-likeness (QED) is 0.184. The van der Waals surface area contributed by atoms with Gasteiger partial charge in [0.2, 0.25) is 15.9 Å². The van der Waals surface area contributed by atoms with Gasteiger partial charge in [0.1, 0.15) is 17.0 Å². The Bertz CT molecular complexity index is 1070. The van der Waals surface area contributed by atoms with Crippen molar-refractivity contribution in [1.82, 2.24) is 9.62 Å². The largest absolute Gasteiger partial charge is 0.480 e. The third-order valence-electron chi connectivity index (χ3n) is 6.57. The number of piperidine rings is 1. The standard InChI is InChI=1S/C23H36N6O5S/c1-14-8-10-29(18(12-14)22(31)32)21(30)17(6-4-9-26-23(24)25)28-35(33,34)19-7-3-5-16-11-15(2)13-27-20(16)19/h3,5,7,14-15,17-18,27-28H,4,6,8-13H2,1-2H3,(H,31,32)(H4,24,25,26)/t14-,15?,17+,18+/m0/s1. The fourth-order valence-corrected chi connectivity index (χ4v) is 6.17. The van der Waals surface area contributed by atoms with Gasteiger partial charge in [0.05, 0.1) is 5.69 Å². The van der Waals surface area contributed by atoms with Crippen molar-refractivity contribution >= 4 is 33.5 Å². The van der Waals surface area contributed by atoms with Crippen LogP contribution in [0.25, 0.3) is 0 Å². The van der Waals surface area contributed by atoms with Gasteiger partial charge in [-0.1, -0.05) is 26.0 Å². The second-order valence-electron chi connectivity index (χ2n) is 9.62. The molecular weight excluding hydrogens is 472 g/mol. The van der Waals surface area contributed by atoms with Gasteiger partial charge in [0.25, 0.3) is 0 Å². The summed E-state index contributed by atoms with van der Waals surface area (Å²) in [5, 5.41) is 12.9. The van der Waals surface area contributed by atoms with Crippen molar-refractivity contribution in [3.05, 3.63) is 23.8 Å². The first-order valence-corrected chi connectivity index (χ1v) is 13.4. The van der Waals surface area contributed by atoms with E-state index in [1.165, 1.54) is 11.0 Å². The summed E-state index contributed by atoms with van der Waals surface area (Å²) in [4.78, 5) is 30.7. The Kier molecular flexibility index (Phi) is 8.60. The zero-order valence-electron chi connectivity index (χ0n) is 20.2. The van der Waals surface area contributed by atoms with Crippen LogP contribution in [0.4, 0.5) is 5.69 Å². The fourth-order valence-electron chi connectivity index (χ4n) is 4.72. The minimum absolute atomic E-state index is 0.0750. The Hall–Kier alpha value is -2.86. The Morgan fingerprint density at radius 3 is 2.71 bits per heavy atom. The summed E-state index contributed by atoms with van der Waals surface area (Å²) in [5.74, 6) is -1.22. The number of nitrogens with zero attached hydrogens (tertiary/aromatic N) is 2. The van der Waals surface area contributed by atoms with Crippen molar-refractivity contribution in [3.8, 4) is 0 Å². The molecule has 1 aromatic rings. The molecule has 12 heteroatoms. The van der Waals surface area contributed by atoms with Crippen LogP contribution in [-0.2, 0) is 26.0 Å². The Labute approximate surface area is 206 Å². The molecule has 1 fully saturated rings. The van der Waals surface area contributed by atoms with Crippen LogP contribution in [0, 0.1) is 11.8 Å². The molecule has 0 bridgehead atoms. The molecule has 1 saturated heterocycles. The van der Waals surface area contributed by atoms with Crippen LogP contribution in [0.3, 0.4) is 0 Å². The molecule has 7 N–H and O–H groups in total. The van der Waals surface area contributed by atoms with E-state index in [4.69, 9.17) is 11.5 Å². The van der Waals surface area contributed by atoms with Crippen molar-refractivity contribution < 1.29 is 23.1 Å². The first-order chi connectivity index (χ1) is 16.5. The van der Waals surface area contributed by atoms with E-state index in [1.54, 1.807) is 6.07 Å². The first kappa shape index (κ1) is 26.7. The highest BCUT2D eigenvalue weighted by atomic mass is 32.2. The van der Waals surface area contributed by atoms with Crippen LogP contribution in [0.15, 0.2) is 28.1 Å². The van der Waals surface area contributed by atoms with E-state index >= 15 is 0 Å². The van der Waals surface area contributed by atoms with Gasteiger partial charge in [0, 0.05) is 19.6 Å². The number of amides is 1. The fraction of sp³-hybridized carbons (Fsp3) is 0.609. The number of aliphatic carboxylic acids is 1. The Balaban J connectivity index is 1.88. The third kappa shape index (κ3) is 6.63. The normalized spacial score (nSPS) is 23.0. The van der Waals surface area contributed by atoms with Crippen molar-refractivity contribution in [2.24, 2.45) is 28.3 Å². The van der Waals surface area contributed by atoms with Crippen molar-refractivity contribution in [2.75, 3.05) is 25.0 Å². The Morgan fingerprint density at radius 1 is 1.29 bits per heavy atom. The second-order valence-corrected chi connectivity index (χ2v) is 11.3. The summed E-state index contributed by atoms with van der Waals surface area (Å²) in [5.41, 5.74) is 12.2. The highest BCUT2D eigenvalue weighted by Gasteiger charge is 2.39. The van der Waals surface area contributed by atoms with E-state index in [1.807, 2.05) is 13.0 Å². The summed E-state index contributed by atoms with van der Waals surface area (Å²) in [7, 11) is -4.10. The van der Waals surface area contributed by atoms with Gasteiger partial charge in [0.15, 0.2) is 5.96 Å². The smallest absolute Gasteiger partial charge is 0.326 e. The lowest BCUT2D eigenvalue weighted by atomic mass is 9.91. The molecule has 0 spiro atoms. The van der Waals surface area contributed by atoms with E-state index in [0.29, 0.717) is 37.4 Å². The van der Waals surface area contributed by atoms with Crippen molar-refractivity contribution in [1.29, 1.82) is 0 Å². The lowest BCUT2D eigenvalue weighted by Gasteiger charge is -2.38. The number of rotatable bonds is 9. The summed E-state index contributed by atoms with van der Waals surface area (Å²) < 4.78 is 29.5. The van der Waals surface area contributed by atoms with Gasteiger partial charge in [-0.2, -0.15) is 4.72 Å². The number of hydrogen-bond donors (Lipinski definition) is 5. The minimum Gasteiger partial charge on any atom is -0.480 e. The summed E-state index contributed by atoms with van der Waals surface area (Å²) >= 11 is 0. The average molecular weight is 509 g/mol. The van der Waals surface area contributed by atoms with Gasteiger partial charge < -0.3 is 26.8 Å². The molecule has 3 rings (SSSR count). The number of anilines is 1. The van der Waals surface area contributed by atoms with Gasteiger partial charge in [-0.3, -0.25) is 9.79 Å². The maximum atomic E-state index is 13.5. The molecule has 0 saturated carbocycles. The number of hydrogen-bond acceptors (Lipinski definition) is 6. The number of aliphatic imine (C=N–C) groups is 1. The highest BCUT2D eigenvalue weighted by molar-refractivity contribution is 7.89. The number of carbonyl (C=O) groups excluding carboxylic acids is 1. The molecule has 35 heavy (non-hydrogen) atoms. The number of guanidine groups is 1. The topological polar surface area (TPSA) is 180 Å². The number of carbonyl (C=O) groups is 2. The van der Waals surface area contributed by atoms with Crippen LogP contribution >= 0.6 is 0 Å². The van der Waals surface area contributed by atoms with Crippen LogP contribution in [0.2, 0.25) is 0 Å².